The molecule has 4 nitrogen and oxygen atoms in total. The van der Waals surface area contributed by atoms with Crippen molar-refractivity contribution in [1.82, 2.24) is 9.97 Å². The summed E-state index contributed by atoms with van der Waals surface area (Å²) in [7, 11) is 0. The molecule has 0 fully saturated rings. The molecule has 0 saturated heterocycles. The number of thiazole rings is 2. The van der Waals surface area contributed by atoms with E-state index in [1.54, 1.807) is 29.5 Å². The molecule has 0 saturated carbocycles. The third-order valence-corrected chi connectivity index (χ3v) is 9.99. The molecule has 0 aliphatic carbocycles. The van der Waals surface area contributed by atoms with E-state index in [2.05, 4.69) is 31.2 Å². The first-order chi connectivity index (χ1) is 16.7. The molecule has 0 aliphatic heterocycles. The van der Waals surface area contributed by atoms with Crippen LogP contribution >= 0.6 is 96.8 Å². The fourth-order valence-corrected chi connectivity index (χ4v) is 7.44. The third kappa shape index (κ3) is 7.36. The van der Waals surface area contributed by atoms with Crippen LogP contribution in [0.1, 0.15) is 26.6 Å². The number of aryl methyl sites for hydroxylation is 1. The molecule has 4 rings (SSSR count). The van der Waals surface area contributed by atoms with E-state index in [-0.39, 0.29) is 11.7 Å². The van der Waals surface area contributed by atoms with Gasteiger partial charge in [0, 0.05) is 27.8 Å². The molecule has 12 heteroatoms. The standard InChI is InChI=1S/C23H16BrCl4N3OS3/c1-11-18(7-12-2-4-16(27)17(28)6-12)35-23(29-11)33-10-20(32)30-21-19(34-22(24)31-21)9-13-8-14(25)3-5-15(13)26/h2-6,8H,7,9-10H2,1H3,(H,30,32). The summed E-state index contributed by atoms with van der Waals surface area (Å²) in [6.45, 7) is 1.97. The molecular formula is C23H16BrCl4N3OS3. The fraction of sp³-hybridized carbons (Fsp3) is 0.174. The minimum absolute atomic E-state index is 0.162. The Hall–Kier alpha value is -0.840. The van der Waals surface area contributed by atoms with E-state index in [0.29, 0.717) is 42.7 Å². The van der Waals surface area contributed by atoms with Gasteiger partial charge in [-0.25, -0.2) is 9.97 Å². The van der Waals surface area contributed by atoms with Crippen LogP contribution in [0, 0.1) is 6.92 Å². The Bertz CT molecular complexity index is 1390. The van der Waals surface area contributed by atoms with Crippen molar-refractivity contribution in [2.24, 2.45) is 0 Å². The summed E-state index contributed by atoms with van der Waals surface area (Å²) in [5, 5.41) is 5.19. The van der Waals surface area contributed by atoms with Crippen LogP contribution in [-0.2, 0) is 17.6 Å². The van der Waals surface area contributed by atoms with Gasteiger partial charge < -0.3 is 5.32 Å². The van der Waals surface area contributed by atoms with E-state index >= 15 is 0 Å². The van der Waals surface area contributed by atoms with Crippen molar-refractivity contribution in [2.45, 2.75) is 24.1 Å². The number of hydrogen-bond donors (Lipinski definition) is 1. The molecule has 35 heavy (non-hydrogen) atoms. The fourth-order valence-electron chi connectivity index (χ4n) is 3.15. The average molecular weight is 668 g/mol. The average Bonchev–Trinajstić information content (AvgIpc) is 3.32. The molecule has 0 bridgehead atoms. The molecule has 1 amide bonds. The summed E-state index contributed by atoms with van der Waals surface area (Å²) in [5.41, 5.74) is 2.86. The van der Waals surface area contributed by atoms with Crippen LogP contribution in [0.25, 0.3) is 0 Å². The monoisotopic (exact) mass is 665 g/mol. The van der Waals surface area contributed by atoms with E-state index < -0.39 is 0 Å². The number of carbonyl (C=O) groups is 1. The number of amides is 1. The number of thioether (sulfide) groups is 1. The van der Waals surface area contributed by atoms with Crippen LogP contribution in [0.4, 0.5) is 5.82 Å². The van der Waals surface area contributed by atoms with Gasteiger partial charge in [0.25, 0.3) is 0 Å². The van der Waals surface area contributed by atoms with Gasteiger partial charge in [-0.05, 0) is 64.3 Å². The summed E-state index contributed by atoms with van der Waals surface area (Å²) in [6.07, 6.45) is 1.21. The predicted octanol–water partition coefficient (Wildman–Crippen LogP) is 9.20. The predicted molar refractivity (Wildman–Crippen MR) is 155 cm³/mol. The van der Waals surface area contributed by atoms with Gasteiger partial charge in [0.15, 0.2) is 8.26 Å². The molecule has 2 aromatic heterocycles. The van der Waals surface area contributed by atoms with Crippen molar-refractivity contribution < 1.29 is 4.79 Å². The Balaban J connectivity index is 1.38. The lowest BCUT2D eigenvalue weighted by Crippen LogP contribution is -2.15. The first-order valence-electron chi connectivity index (χ1n) is 10.1. The Labute approximate surface area is 243 Å². The van der Waals surface area contributed by atoms with Crippen molar-refractivity contribution in [1.29, 1.82) is 0 Å². The topological polar surface area (TPSA) is 54.9 Å². The van der Waals surface area contributed by atoms with Gasteiger partial charge in [0.2, 0.25) is 5.91 Å². The normalized spacial score (nSPS) is 11.1. The summed E-state index contributed by atoms with van der Waals surface area (Å²) in [6, 6.07) is 10.9. The van der Waals surface area contributed by atoms with Gasteiger partial charge >= 0.3 is 0 Å². The summed E-state index contributed by atoms with van der Waals surface area (Å²) in [4.78, 5) is 23.7. The zero-order chi connectivity index (χ0) is 25.1. The van der Waals surface area contributed by atoms with Crippen molar-refractivity contribution >= 4 is 108 Å². The van der Waals surface area contributed by atoms with Crippen LogP contribution < -0.4 is 5.32 Å². The van der Waals surface area contributed by atoms with Crippen LogP contribution in [0.15, 0.2) is 44.7 Å². The van der Waals surface area contributed by atoms with E-state index in [0.717, 1.165) is 30.9 Å². The highest BCUT2D eigenvalue weighted by atomic mass is 79.9. The molecule has 2 aromatic carbocycles. The molecule has 182 valence electrons. The van der Waals surface area contributed by atoms with Gasteiger partial charge in [-0.15, -0.1) is 22.7 Å². The second-order valence-electron chi connectivity index (χ2n) is 7.40. The number of rotatable bonds is 8. The molecular weight excluding hydrogens is 652 g/mol. The lowest BCUT2D eigenvalue weighted by Gasteiger charge is -2.07. The lowest BCUT2D eigenvalue weighted by atomic mass is 10.1. The highest BCUT2D eigenvalue weighted by Crippen LogP contribution is 2.33. The maximum atomic E-state index is 12.7. The minimum Gasteiger partial charge on any atom is -0.309 e. The zero-order valence-corrected chi connectivity index (χ0v) is 25.1. The van der Waals surface area contributed by atoms with Gasteiger partial charge in [0.1, 0.15) is 5.82 Å². The quantitative estimate of drug-likeness (QED) is 0.190. The number of hydrogen-bond acceptors (Lipinski definition) is 6. The second-order valence-corrected chi connectivity index (χ2v) is 13.7. The Kier molecular flexibility index (Phi) is 9.43. The maximum absolute atomic E-state index is 12.7. The molecule has 0 spiro atoms. The van der Waals surface area contributed by atoms with E-state index in [9.17, 15) is 4.79 Å². The van der Waals surface area contributed by atoms with Crippen LogP contribution in [0.5, 0.6) is 0 Å². The summed E-state index contributed by atoms with van der Waals surface area (Å²) >= 11 is 32.4. The Morgan fingerprint density at radius 3 is 2.51 bits per heavy atom. The smallest absolute Gasteiger partial charge is 0.236 e. The molecule has 2 heterocycles. The highest BCUT2D eigenvalue weighted by Gasteiger charge is 2.17. The number of benzene rings is 2. The van der Waals surface area contributed by atoms with Gasteiger partial charge in [-0.1, -0.05) is 64.2 Å². The van der Waals surface area contributed by atoms with Crippen molar-refractivity contribution in [3.63, 3.8) is 0 Å². The Morgan fingerprint density at radius 2 is 1.74 bits per heavy atom. The maximum Gasteiger partial charge on any atom is 0.236 e. The van der Waals surface area contributed by atoms with Crippen LogP contribution in [0.2, 0.25) is 20.1 Å². The van der Waals surface area contributed by atoms with E-state index in [4.69, 9.17) is 46.4 Å². The van der Waals surface area contributed by atoms with Crippen molar-refractivity contribution in [3.8, 4) is 0 Å². The number of nitrogens with zero attached hydrogens (tertiary/aromatic N) is 2. The van der Waals surface area contributed by atoms with Crippen LogP contribution in [0.3, 0.4) is 0 Å². The van der Waals surface area contributed by atoms with E-state index in [1.807, 2.05) is 25.1 Å². The highest BCUT2D eigenvalue weighted by molar-refractivity contribution is 9.11. The SMILES string of the molecule is Cc1nc(SCC(=O)Nc2nc(Br)sc2Cc2cc(Cl)ccc2Cl)sc1Cc1ccc(Cl)c(Cl)c1. The zero-order valence-electron chi connectivity index (χ0n) is 18.0. The number of carbonyl (C=O) groups excluding carboxylic acids is 1. The third-order valence-electron chi connectivity index (χ3n) is 4.84. The second kappa shape index (κ2) is 12.1. The molecule has 0 radical (unpaired) electrons. The minimum atomic E-state index is -0.162. The molecule has 0 unspecified atom stereocenters. The van der Waals surface area contributed by atoms with Gasteiger partial charge in [-0.2, -0.15) is 0 Å². The van der Waals surface area contributed by atoms with Crippen molar-refractivity contribution in [3.05, 3.63) is 87.0 Å². The number of anilines is 1. The lowest BCUT2D eigenvalue weighted by molar-refractivity contribution is -0.113. The van der Waals surface area contributed by atoms with Gasteiger partial charge in [0.05, 0.1) is 26.4 Å². The molecule has 0 atom stereocenters. The molecule has 1 N–H and O–H groups in total. The molecule has 0 aliphatic rings. The Morgan fingerprint density at radius 1 is 0.971 bits per heavy atom. The van der Waals surface area contributed by atoms with Crippen LogP contribution in [-0.4, -0.2) is 21.6 Å². The summed E-state index contributed by atoms with van der Waals surface area (Å²) in [5.74, 6) is 0.565. The van der Waals surface area contributed by atoms with Gasteiger partial charge in [-0.3, -0.25) is 4.79 Å². The first-order valence-corrected chi connectivity index (χ1v) is 15.0. The number of nitrogens with one attached hydrogen (secondary N) is 1. The first kappa shape index (κ1) is 27.2. The number of aromatic nitrogens is 2. The van der Waals surface area contributed by atoms with Crippen molar-refractivity contribution in [2.75, 3.05) is 11.1 Å². The molecule has 4 aromatic rings. The number of halogens is 5. The van der Waals surface area contributed by atoms with E-state index in [1.165, 1.54) is 23.1 Å². The summed E-state index contributed by atoms with van der Waals surface area (Å²) < 4.78 is 1.51. The largest absolute Gasteiger partial charge is 0.309 e.